The van der Waals surface area contributed by atoms with Crippen LogP contribution in [0.5, 0.6) is 0 Å². The van der Waals surface area contributed by atoms with Crippen molar-refractivity contribution in [1.29, 1.82) is 0 Å². The average molecular weight is 316 g/mol. The molecule has 1 fully saturated rings. The van der Waals surface area contributed by atoms with Crippen molar-refractivity contribution in [2.45, 2.75) is 6.92 Å². The molecule has 2 aromatic rings. The molecular weight excluding hydrogens is 298 g/mol. The second kappa shape index (κ2) is 6.36. The predicted molar refractivity (Wildman–Crippen MR) is 85.7 cm³/mol. The van der Waals surface area contributed by atoms with Crippen LogP contribution in [0, 0.1) is 18.6 Å². The van der Waals surface area contributed by atoms with Gasteiger partial charge in [-0.15, -0.1) is 0 Å². The van der Waals surface area contributed by atoms with Crippen LogP contribution >= 0.6 is 0 Å². The van der Waals surface area contributed by atoms with Crippen LogP contribution in [0.3, 0.4) is 0 Å². The molecule has 0 N–H and O–H groups in total. The van der Waals surface area contributed by atoms with Crippen LogP contribution in [0.15, 0.2) is 42.5 Å². The van der Waals surface area contributed by atoms with Crippen molar-refractivity contribution >= 4 is 11.6 Å². The summed E-state index contributed by atoms with van der Waals surface area (Å²) in [5, 5.41) is 0. The summed E-state index contributed by atoms with van der Waals surface area (Å²) >= 11 is 0. The summed E-state index contributed by atoms with van der Waals surface area (Å²) < 4.78 is 26.3. The molecule has 5 heteroatoms. The molecule has 0 radical (unpaired) electrons. The van der Waals surface area contributed by atoms with Gasteiger partial charge in [-0.2, -0.15) is 0 Å². The van der Waals surface area contributed by atoms with Gasteiger partial charge in [-0.1, -0.05) is 17.7 Å². The minimum Gasteiger partial charge on any atom is -0.368 e. The number of halogens is 2. The Morgan fingerprint density at radius 1 is 0.957 bits per heavy atom. The lowest BCUT2D eigenvalue weighted by molar-refractivity contribution is 0.0746. The van der Waals surface area contributed by atoms with E-state index in [1.807, 2.05) is 36.1 Å². The van der Waals surface area contributed by atoms with Crippen molar-refractivity contribution in [3.63, 3.8) is 0 Å². The summed E-state index contributed by atoms with van der Waals surface area (Å²) in [6.45, 7) is 4.28. The van der Waals surface area contributed by atoms with E-state index in [9.17, 15) is 13.6 Å². The van der Waals surface area contributed by atoms with Crippen molar-refractivity contribution in [3.8, 4) is 0 Å². The third kappa shape index (κ3) is 3.33. The van der Waals surface area contributed by atoms with E-state index in [-0.39, 0.29) is 5.91 Å². The van der Waals surface area contributed by atoms with Crippen LogP contribution in [0.1, 0.15) is 15.9 Å². The first-order valence-electron chi connectivity index (χ1n) is 7.60. The van der Waals surface area contributed by atoms with Crippen LogP contribution in [0.4, 0.5) is 14.5 Å². The molecule has 1 saturated heterocycles. The number of amides is 1. The summed E-state index contributed by atoms with van der Waals surface area (Å²) in [4.78, 5) is 16.2. The number of hydrogen-bond acceptors (Lipinski definition) is 2. The summed E-state index contributed by atoms with van der Waals surface area (Å²) in [6, 6.07) is 11.4. The minimum absolute atomic E-state index is 0.0126. The fraction of sp³-hybridized carbons (Fsp3) is 0.278. The van der Waals surface area contributed by atoms with E-state index in [1.165, 1.54) is 6.07 Å². The molecule has 0 spiro atoms. The highest BCUT2D eigenvalue weighted by Gasteiger charge is 2.22. The Morgan fingerprint density at radius 2 is 1.70 bits per heavy atom. The number of hydrogen-bond donors (Lipinski definition) is 0. The second-order valence-corrected chi connectivity index (χ2v) is 5.75. The quantitative estimate of drug-likeness (QED) is 0.849. The number of carbonyl (C=O) groups excluding carboxylic acids is 1. The Morgan fingerprint density at radius 3 is 2.35 bits per heavy atom. The van der Waals surface area contributed by atoms with Gasteiger partial charge in [-0.05, 0) is 31.2 Å². The molecule has 3 nitrogen and oxygen atoms in total. The molecule has 0 aliphatic carbocycles. The molecule has 0 aromatic heterocycles. The van der Waals surface area contributed by atoms with Gasteiger partial charge < -0.3 is 9.80 Å². The van der Waals surface area contributed by atoms with E-state index >= 15 is 0 Å². The maximum atomic E-state index is 13.3. The van der Waals surface area contributed by atoms with Crippen molar-refractivity contribution in [2.75, 3.05) is 31.1 Å². The minimum atomic E-state index is -0.847. The van der Waals surface area contributed by atoms with Gasteiger partial charge in [0.05, 0.1) is 0 Å². The van der Waals surface area contributed by atoms with Gasteiger partial charge in [0.15, 0.2) is 11.6 Å². The van der Waals surface area contributed by atoms with Crippen LogP contribution in [0.25, 0.3) is 0 Å². The van der Waals surface area contributed by atoms with E-state index in [4.69, 9.17) is 0 Å². The summed E-state index contributed by atoms with van der Waals surface area (Å²) in [7, 11) is 0. The average Bonchev–Trinajstić information content (AvgIpc) is 2.57. The number of benzene rings is 2. The molecule has 3 rings (SSSR count). The first-order chi connectivity index (χ1) is 11.0. The van der Waals surface area contributed by atoms with Gasteiger partial charge in [0.2, 0.25) is 0 Å². The van der Waals surface area contributed by atoms with Gasteiger partial charge in [0, 0.05) is 43.5 Å². The molecule has 1 amide bonds. The summed E-state index contributed by atoms with van der Waals surface area (Å²) in [6.07, 6.45) is 0. The molecule has 2 aromatic carbocycles. The highest BCUT2D eigenvalue weighted by molar-refractivity contribution is 5.94. The zero-order valence-corrected chi connectivity index (χ0v) is 12.9. The van der Waals surface area contributed by atoms with E-state index < -0.39 is 11.6 Å². The van der Waals surface area contributed by atoms with Crippen molar-refractivity contribution in [1.82, 2.24) is 4.90 Å². The molecule has 23 heavy (non-hydrogen) atoms. The molecule has 0 atom stereocenters. The number of aryl methyl sites for hydroxylation is 1. The number of rotatable bonds is 2. The monoisotopic (exact) mass is 316 g/mol. The Hall–Kier alpha value is -2.43. The normalized spacial score (nSPS) is 14.9. The van der Waals surface area contributed by atoms with Crippen LogP contribution in [-0.4, -0.2) is 37.0 Å². The van der Waals surface area contributed by atoms with Crippen LogP contribution in [0.2, 0.25) is 0 Å². The SMILES string of the molecule is Cc1cccc(C(=O)N2CCN(c3ccc(F)c(F)c3)CC2)c1. The first kappa shape index (κ1) is 15.5. The molecular formula is C18H18F2N2O. The van der Waals surface area contributed by atoms with Gasteiger partial charge in [0.1, 0.15) is 0 Å². The molecule has 120 valence electrons. The van der Waals surface area contributed by atoms with E-state index in [1.54, 1.807) is 11.0 Å². The number of carbonyl (C=O) groups is 1. The maximum absolute atomic E-state index is 13.3. The molecule has 1 heterocycles. The van der Waals surface area contributed by atoms with Gasteiger partial charge in [-0.3, -0.25) is 4.79 Å². The maximum Gasteiger partial charge on any atom is 0.253 e. The lowest BCUT2D eigenvalue weighted by atomic mass is 10.1. The van der Waals surface area contributed by atoms with Gasteiger partial charge in [0.25, 0.3) is 5.91 Å². The van der Waals surface area contributed by atoms with E-state index in [0.29, 0.717) is 37.4 Å². The zero-order chi connectivity index (χ0) is 16.4. The van der Waals surface area contributed by atoms with Crippen molar-refractivity contribution < 1.29 is 13.6 Å². The number of nitrogens with zero attached hydrogens (tertiary/aromatic N) is 2. The fourth-order valence-corrected chi connectivity index (χ4v) is 2.81. The van der Waals surface area contributed by atoms with Crippen molar-refractivity contribution in [3.05, 3.63) is 65.2 Å². The Bertz CT molecular complexity index is 725. The van der Waals surface area contributed by atoms with Crippen LogP contribution < -0.4 is 4.90 Å². The van der Waals surface area contributed by atoms with Gasteiger partial charge >= 0.3 is 0 Å². The van der Waals surface area contributed by atoms with Gasteiger partial charge in [-0.25, -0.2) is 8.78 Å². The zero-order valence-electron chi connectivity index (χ0n) is 12.9. The smallest absolute Gasteiger partial charge is 0.253 e. The summed E-state index contributed by atoms with van der Waals surface area (Å²) in [5.74, 6) is -1.68. The predicted octanol–water partition coefficient (Wildman–Crippen LogP) is 3.24. The molecule has 0 saturated carbocycles. The fourth-order valence-electron chi connectivity index (χ4n) is 2.81. The second-order valence-electron chi connectivity index (χ2n) is 5.75. The Labute approximate surface area is 134 Å². The topological polar surface area (TPSA) is 23.6 Å². The highest BCUT2D eigenvalue weighted by atomic mass is 19.2. The third-order valence-corrected chi connectivity index (χ3v) is 4.10. The third-order valence-electron chi connectivity index (χ3n) is 4.10. The Balaban J connectivity index is 1.66. The highest BCUT2D eigenvalue weighted by Crippen LogP contribution is 2.20. The lowest BCUT2D eigenvalue weighted by Crippen LogP contribution is -2.48. The Kier molecular flexibility index (Phi) is 4.28. The summed E-state index contributed by atoms with van der Waals surface area (Å²) in [5.41, 5.74) is 2.38. The number of piperazine rings is 1. The molecule has 0 bridgehead atoms. The number of anilines is 1. The molecule has 0 unspecified atom stereocenters. The molecule has 1 aliphatic heterocycles. The molecule has 1 aliphatic rings. The lowest BCUT2D eigenvalue weighted by Gasteiger charge is -2.36. The van der Waals surface area contributed by atoms with E-state index in [2.05, 4.69) is 0 Å². The van der Waals surface area contributed by atoms with Crippen molar-refractivity contribution in [2.24, 2.45) is 0 Å². The van der Waals surface area contributed by atoms with E-state index in [0.717, 1.165) is 11.6 Å². The first-order valence-corrected chi connectivity index (χ1v) is 7.60. The standard InChI is InChI=1S/C18H18F2N2O/c1-13-3-2-4-14(11-13)18(23)22-9-7-21(8-10-22)15-5-6-16(19)17(20)12-15/h2-6,11-12H,7-10H2,1H3. The van der Waals surface area contributed by atoms with Crippen LogP contribution in [-0.2, 0) is 0 Å². The largest absolute Gasteiger partial charge is 0.368 e.